The second-order valence-corrected chi connectivity index (χ2v) is 19.8. The van der Waals surface area contributed by atoms with E-state index >= 15 is 0 Å². The highest BCUT2D eigenvalue weighted by molar-refractivity contribution is 6.00. The van der Waals surface area contributed by atoms with Crippen LogP contribution < -0.4 is 5.73 Å². The quantitative estimate of drug-likeness (QED) is 0.201. The summed E-state index contributed by atoms with van der Waals surface area (Å²) in [6.07, 6.45) is 13.2. The number of carboxylic acid groups (broad SMARTS) is 1. The van der Waals surface area contributed by atoms with Crippen molar-refractivity contribution in [3.8, 4) is 0 Å². The molecule has 0 aromatic carbocycles. The second kappa shape index (κ2) is 13.0. The minimum absolute atomic E-state index is 0.0255. The predicted octanol–water partition coefficient (Wildman–Crippen LogP) is 8.05. The van der Waals surface area contributed by atoms with Gasteiger partial charge in [0.05, 0.1) is 11.8 Å². The summed E-state index contributed by atoms with van der Waals surface area (Å²) in [5.74, 6) is 2.35. The molecule has 0 aromatic heterocycles. The molecule has 8 atom stereocenters. The van der Waals surface area contributed by atoms with E-state index in [2.05, 4.69) is 46.4 Å². The van der Waals surface area contributed by atoms with E-state index in [9.17, 15) is 19.5 Å². The number of aliphatic carboxylic acids is 1. The number of carboxylic acids is 1. The van der Waals surface area contributed by atoms with E-state index in [1.807, 2.05) is 0 Å². The van der Waals surface area contributed by atoms with Crippen LogP contribution in [-0.4, -0.2) is 60.0 Å². The van der Waals surface area contributed by atoms with Gasteiger partial charge in [-0.1, -0.05) is 47.1 Å². The van der Waals surface area contributed by atoms with Crippen LogP contribution in [0, 0.1) is 62.6 Å². The first-order valence-electron chi connectivity index (χ1n) is 20.0. The van der Waals surface area contributed by atoms with Crippen LogP contribution >= 0.6 is 0 Å². The van der Waals surface area contributed by atoms with Crippen molar-refractivity contribution in [2.45, 2.75) is 145 Å². The Morgan fingerprint density at radius 2 is 1.63 bits per heavy atom. The number of fused-ring (bicyclic) bond motifs is 7. The van der Waals surface area contributed by atoms with E-state index in [0.717, 1.165) is 57.5 Å². The average Bonchev–Trinajstić information content (AvgIpc) is 3.76. The number of esters is 1. The fourth-order valence-electron chi connectivity index (χ4n) is 13.1. The second-order valence-electron chi connectivity index (χ2n) is 19.8. The molecule has 6 rings (SSSR count). The van der Waals surface area contributed by atoms with Gasteiger partial charge < -0.3 is 20.5 Å². The molecule has 6 aliphatic carbocycles. The minimum atomic E-state index is -1.14. The van der Waals surface area contributed by atoms with Gasteiger partial charge in [-0.15, -0.1) is 0 Å². The zero-order chi connectivity index (χ0) is 35.7. The van der Waals surface area contributed by atoms with E-state index < -0.39 is 11.4 Å². The van der Waals surface area contributed by atoms with Gasteiger partial charge in [0.25, 0.3) is 0 Å². The predicted molar refractivity (Wildman–Crippen MR) is 194 cm³/mol. The van der Waals surface area contributed by atoms with Crippen molar-refractivity contribution in [1.29, 1.82) is 0 Å². The molecule has 8 unspecified atom stereocenters. The molecule has 0 heterocycles. The van der Waals surface area contributed by atoms with Gasteiger partial charge in [-0.25, -0.2) is 0 Å². The minimum Gasteiger partial charge on any atom is -0.481 e. The zero-order valence-corrected chi connectivity index (χ0v) is 32.2. The SMILES string of the molecule is CC(C)C1=C2C3CCC4C(C)(CCC5C(C)(C)C(OC(=O)CC(C)(C)C(=O)O)CCC54C)C3CCC2(CCN(CCN)CC2CC2)CC1=O. The van der Waals surface area contributed by atoms with Crippen LogP contribution in [0.25, 0.3) is 0 Å². The van der Waals surface area contributed by atoms with Gasteiger partial charge >= 0.3 is 11.9 Å². The summed E-state index contributed by atoms with van der Waals surface area (Å²) >= 11 is 0. The van der Waals surface area contributed by atoms with Crippen LogP contribution in [-0.2, 0) is 19.1 Å². The standard InChI is InChI=1S/C42H68N2O5/c1-26(2)35-30(45)23-42(19-21-44(22-20-43)25-27-9-10-27)18-13-29-28(36(35)42)11-12-32-40(29,7)16-14-31-39(5,6)33(15-17-41(31,32)8)49-34(46)24-38(3,4)37(47)48/h26-29,31-33H,9-25,43H2,1-8H3,(H,47,48). The molecule has 276 valence electrons. The summed E-state index contributed by atoms with van der Waals surface area (Å²) in [5.41, 5.74) is 7.95. The maximum absolute atomic E-state index is 14.0. The van der Waals surface area contributed by atoms with Crippen molar-refractivity contribution in [3.05, 3.63) is 11.1 Å². The third-order valence-corrected chi connectivity index (χ3v) is 15.7. The molecule has 3 N–H and O–H groups in total. The molecule has 7 nitrogen and oxygen atoms in total. The van der Waals surface area contributed by atoms with Crippen molar-refractivity contribution >= 4 is 17.7 Å². The first-order valence-corrected chi connectivity index (χ1v) is 20.0. The van der Waals surface area contributed by atoms with Crippen molar-refractivity contribution in [1.82, 2.24) is 4.90 Å². The lowest BCUT2D eigenvalue weighted by Gasteiger charge is -2.69. The lowest BCUT2D eigenvalue weighted by molar-refractivity contribution is -0.214. The fourth-order valence-corrected chi connectivity index (χ4v) is 13.1. The third kappa shape index (κ3) is 6.37. The Balaban J connectivity index is 1.23. The number of nitrogens with two attached hydrogens (primary N) is 1. The van der Waals surface area contributed by atoms with Gasteiger partial charge in [-0.3, -0.25) is 14.4 Å². The molecule has 0 bridgehead atoms. The molecule has 49 heavy (non-hydrogen) atoms. The van der Waals surface area contributed by atoms with Gasteiger partial charge in [-0.2, -0.15) is 0 Å². The maximum atomic E-state index is 14.0. The van der Waals surface area contributed by atoms with E-state index in [1.54, 1.807) is 19.4 Å². The third-order valence-electron chi connectivity index (χ3n) is 15.7. The Bertz CT molecular complexity index is 1350. The Hall–Kier alpha value is -1.73. The largest absolute Gasteiger partial charge is 0.481 e. The highest BCUT2D eigenvalue weighted by Crippen LogP contribution is 2.73. The van der Waals surface area contributed by atoms with Crippen LogP contribution in [0.2, 0.25) is 0 Å². The molecule has 0 aromatic rings. The lowest BCUT2D eigenvalue weighted by Crippen LogP contribution is -2.63. The number of hydrogen-bond donors (Lipinski definition) is 2. The van der Waals surface area contributed by atoms with Crippen LogP contribution in [0.1, 0.15) is 139 Å². The molecule has 5 fully saturated rings. The summed E-state index contributed by atoms with van der Waals surface area (Å²) in [7, 11) is 0. The monoisotopic (exact) mass is 681 g/mol. The molecule has 7 heteroatoms. The molecule has 0 radical (unpaired) electrons. The molecule has 6 aliphatic rings. The zero-order valence-electron chi connectivity index (χ0n) is 32.2. The molecule has 5 saturated carbocycles. The number of carbonyl (C=O) groups excluding carboxylic acids is 2. The Morgan fingerprint density at radius 1 is 0.939 bits per heavy atom. The number of ether oxygens (including phenoxy) is 1. The molecular weight excluding hydrogens is 612 g/mol. The number of allylic oxidation sites excluding steroid dienone is 2. The number of rotatable bonds is 12. The van der Waals surface area contributed by atoms with Crippen LogP contribution in [0.4, 0.5) is 0 Å². The molecule has 0 spiro atoms. The molecular formula is C42H68N2O5. The van der Waals surface area contributed by atoms with Crippen molar-refractivity contribution in [3.63, 3.8) is 0 Å². The highest BCUT2D eigenvalue weighted by atomic mass is 16.5. The van der Waals surface area contributed by atoms with Gasteiger partial charge in [0, 0.05) is 36.9 Å². The normalized spacial score (nSPS) is 38.6. The summed E-state index contributed by atoms with van der Waals surface area (Å²) in [6, 6.07) is 0. The smallest absolute Gasteiger partial charge is 0.309 e. The Morgan fingerprint density at radius 3 is 2.27 bits per heavy atom. The Kier molecular flexibility index (Phi) is 9.86. The summed E-state index contributed by atoms with van der Waals surface area (Å²) < 4.78 is 6.17. The van der Waals surface area contributed by atoms with Crippen LogP contribution in [0.5, 0.6) is 0 Å². The summed E-state index contributed by atoms with van der Waals surface area (Å²) in [5, 5.41) is 9.59. The van der Waals surface area contributed by atoms with Gasteiger partial charge in [0.15, 0.2) is 5.78 Å². The van der Waals surface area contributed by atoms with E-state index in [0.29, 0.717) is 36.0 Å². The average molecular weight is 681 g/mol. The molecule has 0 saturated heterocycles. The van der Waals surface area contributed by atoms with E-state index in [1.165, 1.54) is 50.6 Å². The van der Waals surface area contributed by atoms with Crippen LogP contribution in [0.15, 0.2) is 11.1 Å². The van der Waals surface area contributed by atoms with Crippen LogP contribution in [0.3, 0.4) is 0 Å². The summed E-state index contributed by atoms with van der Waals surface area (Å²) in [6.45, 7) is 21.4. The first kappa shape index (κ1) is 37.0. The van der Waals surface area contributed by atoms with E-state index in [-0.39, 0.29) is 46.1 Å². The van der Waals surface area contributed by atoms with E-state index in [4.69, 9.17) is 10.5 Å². The molecule has 0 amide bonds. The number of nitrogens with zero attached hydrogens (tertiary/aromatic N) is 1. The van der Waals surface area contributed by atoms with Gasteiger partial charge in [0.2, 0.25) is 0 Å². The number of hydrogen-bond acceptors (Lipinski definition) is 6. The van der Waals surface area contributed by atoms with Gasteiger partial charge in [-0.05, 0) is 143 Å². The lowest BCUT2D eigenvalue weighted by atomic mass is 9.36. The number of Topliss-reactive ketones (excluding diaryl/α,β-unsaturated/α-hetero) is 1. The maximum Gasteiger partial charge on any atom is 0.309 e. The van der Waals surface area contributed by atoms with Gasteiger partial charge in [0.1, 0.15) is 6.10 Å². The Labute approximate surface area is 296 Å². The van der Waals surface area contributed by atoms with Crippen molar-refractivity contribution in [2.75, 3.05) is 26.2 Å². The molecule has 0 aliphatic heterocycles. The number of carbonyl (C=O) groups is 3. The summed E-state index contributed by atoms with van der Waals surface area (Å²) in [4.78, 5) is 41.3. The number of ketones is 1. The van der Waals surface area contributed by atoms with Crippen molar-refractivity contribution < 1.29 is 24.2 Å². The van der Waals surface area contributed by atoms with Crippen molar-refractivity contribution in [2.24, 2.45) is 68.3 Å². The highest BCUT2D eigenvalue weighted by Gasteiger charge is 2.66. The fraction of sp³-hybridized carbons (Fsp3) is 0.881. The topological polar surface area (TPSA) is 110 Å². The first-order chi connectivity index (χ1) is 22.9.